The predicted molar refractivity (Wildman–Crippen MR) is 107 cm³/mol. The second kappa shape index (κ2) is 7.68. The van der Waals surface area contributed by atoms with Gasteiger partial charge in [0.1, 0.15) is 0 Å². The van der Waals surface area contributed by atoms with Crippen molar-refractivity contribution in [2.24, 2.45) is 5.92 Å². The molecule has 2 fully saturated rings. The van der Waals surface area contributed by atoms with Crippen LogP contribution in [0.3, 0.4) is 0 Å². The van der Waals surface area contributed by atoms with E-state index in [0.29, 0.717) is 17.0 Å². The van der Waals surface area contributed by atoms with E-state index in [2.05, 4.69) is 22.0 Å². The Morgan fingerprint density at radius 1 is 1.26 bits per heavy atom. The highest BCUT2D eigenvalue weighted by atomic mass is 35.5. The van der Waals surface area contributed by atoms with Crippen LogP contribution in [0.15, 0.2) is 22.7 Å². The van der Waals surface area contributed by atoms with Crippen LogP contribution in [0.25, 0.3) is 11.0 Å². The standard InChI is InChI=1S/C20H27ClN4O2/c1-23-9-3-4-16(13-23)24(2)20(26)14-7-10-25(11-8-14)19-17-12-15(21)5-6-18(17)27-22-19/h5-6,12,14,16H,3-4,7-11,13H2,1-2H3. The highest BCUT2D eigenvalue weighted by molar-refractivity contribution is 6.31. The highest BCUT2D eigenvalue weighted by Gasteiger charge is 2.32. The molecule has 0 aliphatic carbocycles. The molecule has 4 rings (SSSR count). The van der Waals surface area contributed by atoms with Crippen LogP contribution in [-0.4, -0.2) is 67.2 Å². The lowest BCUT2D eigenvalue weighted by Gasteiger charge is -2.39. The van der Waals surface area contributed by atoms with E-state index in [9.17, 15) is 4.79 Å². The first-order chi connectivity index (χ1) is 13.0. The van der Waals surface area contributed by atoms with Gasteiger partial charge in [-0.1, -0.05) is 16.8 Å². The summed E-state index contributed by atoms with van der Waals surface area (Å²) in [6, 6.07) is 5.90. The van der Waals surface area contributed by atoms with Gasteiger partial charge in [0, 0.05) is 43.7 Å². The van der Waals surface area contributed by atoms with E-state index in [1.165, 1.54) is 6.42 Å². The van der Waals surface area contributed by atoms with Gasteiger partial charge in [0.15, 0.2) is 11.4 Å². The smallest absolute Gasteiger partial charge is 0.225 e. The Hall–Kier alpha value is -1.79. The van der Waals surface area contributed by atoms with Crippen LogP contribution in [0.1, 0.15) is 25.7 Å². The summed E-state index contributed by atoms with van der Waals surface area (Å²) < 4.78 is 5.43. The normalized spacial score (nSPS) is 22.3. The Balaban J connectivity index is 1.39. The molecule has 1 aromatic carbocycles. The first-order valence-corrected chi connectivity index (χ1v) is 10.2. The topological polar surface area (TPSA) is 52.8 Å². The van der Waals surface area contributed by atoms with Crippen LogP contribution in [0, 0.1) is 5.92 Å². The summed E-state index contributed by atoms with van der Waals surface area (Å²) >= 11 is 6.13. The van der Waals surface area contributed by atoms with Gasteiger partial charge in [-0.2, -0.15) is 0 Å². The van der Waals surface area contributed by atoms with Crippen LogP contribution in [0.5, 0.6) is 0 Å². The zero-order valence-corrected chi connectivity index (χ0v) is 16.8. The lowest BCUT2D eigenvalue weighted by atomic mass is 9.93. The Bertz CT molecular complexity index is 815. The van der Waals surface area contributed by atoms with Crippen molar-refractivity contribution in [1.29, 1.82) is 0 Å². The van der Waals surface area contributed by atoms with E-state index in [0.717, 1.165) is 62.2 Å². The Labute approximate surface area is 165 Å². The zero-order valence-electron chi connectivity index (χ0n) is 16.0. The SMILES string of the molecule is CN1CCCC(N(C)C(=O)C2CCN(c3noc4ccc(Cl)cc34)CC2)C1. The molecule has 1 atom stereocenters. The molecule has 6 nitrogen and oxygen atoms in total. The predicted octanol–water partition coefficient (Wildman–Crippen LogP) is 3.25. The van der Waals surface area contributed by atoms with E-state index in [1.807, 2.05) is 30.1 Å². The third-order valence-electron chi connectivity index (χ3n) is 6.05. The van der Waals surface area contributed by atoms with Gasteiger partial charge in [0.25, 0.3) is 0 Å². The third kappa shape index (κ3) is 3.78. The molecule has 146 valence electrons. The van der Waals surface area contributed by atoms with Crippen molar-refractivity contribution in [2.45, 2.75) is 31.7 Å². The molecule has 0 N–H and O–H groups in total. The average Bonchev–Trinajstić information content (AvgIpc) is 3.10. The van der Waals surface area contributed by atoms with Gasteiger partial charge < -0.3 is 19.2 Å². The molecule has 2 aliphatic heterocycles. The van der Waals surface area contributed by atoms with Crippen LogP contribution >= 0.6 is 11.6 Å². The first-order valence-electron chi connectivity index (χ1n) is 9.78. The van der Waals surface area contributed by atoms with Gasteiger partial charge in [0.2, 0.25) is 5.91 Å². The fourth-order valence-electron chi connectivity index (χ4n) is 4.39. The second-order valence-electron chi connectivity index (χ2n) is 7.92. The summed E-state index contributed by atoms with van der Waals surface area (Å²) in [5, 5.41) is 5.85. The molecule has 0 bridgehead atoms. The molecule has 27 heavy (non-hydrogen) atoms. The maximum Gasteiger partial charge on any atom is 0.225 e. The summed E-state index contributed by atoms with van der Waals surface area (Å²) in [6.07, 6.45) is 3.97. The van der Waals surface area contributed by atoms with Crippen molar-refractivity contribution < 1.29 is 9.32 Å². The van der Waals surface area contributed by atoms with E-state index in [-0.39, 0.29) is 5.92 Å². The molecular formula is C20H27ClN4O2. The Morgan fingerprint density at radius 2 is 2.04 bits per heavy atom. The molecule has 0 spiro atoms. The molecule has 7 heteroatoms. The number of halogens is 1. The van der Waals surface area contributed by atoms with Crippen LogP contribution in [-0.2, 0) is 4.79 Å². The maximum absolute atomic E-state index is 13.0. The minimum atomic E-state index is 0.0974. The number of benzene rings is 1. The van der Waals surface area contributed by atoms with E-state index in [1.54, 1.807) is 0 Å². The van der Waals surface area contributed by atoms with Crippen molar-refractivity contribution in [3.05, 3.63) is 23.2 Å². The average molecular weight is 391 g/mol. The summed E-state index contributed by atoms with van der Waals surface area (Å²) in [6.45, 7) is 3.73. The minimum absolute atomic E-state index is 0.0974. The lowest BCUT2D eigenvalue weighted by molar-refractivity contribution is -0.137. The number of likely N-dealkylation sites (tertiary alicyclic amines) is 1. The number of fused-ring (bicyclic) bond motifs is 1. The van der Waals surface area contributed by atoms with Crippen molar-refractivity contribution in [3.63, 3.8) is 0 Å². The van der Waals surface area contributed by atoms with E-state index < -0.39 is 0 Å². The number of amides is 1. The minimum Gasteiger partial charge on any atom is -0.354 e. The molecule has 1 unspecified atom stereocenters. The molecule has 3 heterocycles. The number of nitrogens with zero attached hydrogens (tertiary/aromatic N) is 4. The van der Waals surface area contributed by atoms with E-state index >= 15 is 0 Å². The lowest BCUT2D eigenvalue weighted by Crippen LogP contribution is -2.50. The molecule has 0 saturated carbocycles. The van der Waals surface area contributed by atoms with Crippen LogP contribution < -0.4 is 4.90 Å². The number of carbonyl (C=O) groups is 1. The summed E-state index contributed by atoms with van der Waals surface area (Å²) in [5.41, 5.74) is 0.744. The number of likely N-dealkylation sites (N-methyl/N-ethyl adjacent to an activating group) is 2. The van der Waals surface area contributed by atoms with Gasteiger partial charge >= 0.3 is 0 Å². The van der Waals surface area contributed by atoms with Crippen molar-refractivity contribution in [1.82, 2.24) is 15.0 Å². The number of aromatic nitrogens is 1. The Morgan fingerprint density at radius 3 is 2.78 bits per heavy atom. The fourth-order valence-corrected chi connectivity index (χ4v) is 4.56. The number of anilines is 1. The summed E-state index contributed by atoms with van der Waals surface area (Å²) in [4.78, 5) is 19.5. The largest absolute Gasteiger partial charge is 0.354 e. The highest BCUT2D eigenvalue weighted by Crippen LogP contribution is 2.32. The van der Waals surface area contributed by atoms with Crippen LogP contribution in [0.4, 0.5) is 5.82 Å². The van der Waals surface area contributed by atoms with Gasteiger partial charge in [-0.05, 0) is 57.5 Å². The van der Waals surface area contributed by atoms with Gasteiger partial charge in [-0.25, -0.2) is 0 Å². The maximum atomic E-state index is 13.0. The number of hydrogen-bond acceptors (Lipinski definition) is 5. The zero-order chi connectivity index (χ0) is 19.0. The van der Waals surface area contributed by atoms with E-state index in [4.69, 9.17) is 16.1 Å². The molecule has 2 saturated heterocycles. The number of carbonyl (C=O) groups excluding carboxylic acids is 1. The number of rotatable bonds is 3. The van der Waals surface area contributed by atoms with Gasteiger partial charge in [0.05, 0.1) is 5.39 Å². The molecule has 2 aliphatic rings. The van der Waals surface area contributed by atoms with Gasteiger partial charge in [-0.15, -0.1) is 0 Å². The fraction of sp³-hybridized carbons (Fsp3) is 0.600. The molecule has 1 amide bonds. The summed E-state index contributed by atoms with van der Waals surface area (Å²) in [5.74, 6) is 1.23. The quantitative estimate of drug-likeness (QED) is 0.805. The summed E-state index contributed by atoms with van der Waals surface area (Å²) in [7, 11) is 4.11. The third-order valence-corrected chi connectivity index (χ3v) is 6.29. The first kappa shape index (κ1) is 18.6. The van der Waals surface area contributed by atoms with Crippen molar-refractivity contribution >= 4 is 34.3 Å². The molecule has 1 aromatic heterocycles. The Kier molecular flexibility index (Phi) is 5.28. The molecule has 0 radical (unpaired) electrons. The van der Waals surface area contributed by atoms with Crippen molar-refractivity contribution in [2.75, 3.05) is 45.2 Å². The number of piperidine rings is 2. The second-order valence-corrected chi connectivity index (χ2v) is 8.35. The molecular weight excluding hydrogens is 364 g/mol. The van der Waals surface area contributed by atoms with Crippen molar-refractivity contribution in [3.8, 4) is 0 Å². The number of hydrogen-bond donors (Lipinski definition) is 0. The van der Waals surface area contributed by atoms with Gasteiger partial charge in [-0.3, -0.25) is 4.79 Å². The molecule has 2 aromatic rings. The monoisotopic (exact) mass is 390 g/mol. The van der Waals surface area contributed by atoms with Crippen LogP contribution in [0.2, 0.25) is 5.02 Å².